The molecule has 0 spiro atoms. The lowest BCUT2D eigenvalue weighted by Crippen LogP contribution is -2.16. The number of hydrogen-bond donors (Lipinski definition) is 2. The van der Waals surface area contributed by atoms with Crippen molar-refractivity contribution in [3.8, 4) is 0 Å². The second-order valence-electron chi connectivity index (χ2n) is 5.55. The smallest absolute Gasteiger partial charge is 0.277 e. The zero-order valence-corrected chi connectivity index (χ0v) is 14.6. The van der Waals surface area contributed by atoms with Crippen LogP contribution in [0.3, 0.4) is 0 Å². The van der Waals surface area contributed by atoms with Crippen molar-refractivity contribution in [2.75, 3.05) is 11.6 Å². The molecule has 0 saturated carbocycles. The van der Waals surface area contributed by atoms with Gasteiger partial charge in [-0.2, -0.15) is 0 Å². The van der Waals surface area contributed by atoms with Crippen LogP contribution in [0, 0.1) is 0 Å². The highest BCUT2D eigenvalue weighted by Gasteiger charge is 2.17. The Hall–Kier alpha value is -2.57. The molecule has 25 heavy (non-hydrogen) atoms. The molecule has 0 bridgehead atoms. The van der Waals surface area contributed by atoms with Crippen LogP contribution < -0.4 is 11.1 Å². The van der Waals surface area contributed by atoms with Gasteiger partial charge in [-0.15, -0.1) is 11.8 Å². The fraction of sp³-hybridized carbons (Fsp3) is 0.158. The lowest BCUT2D eigenvalue weighted by Gasteiger charge is -2.07. The molecule has 128 valence electrons. The highest BCUT2D eigenvalue weighted by atomic mass is 32.2. The van der Waals surface area contributed by atoms with Gasteiger partial charge in [0.2, 0.25) is 5.89 Å². The van der Waals surface area contributed by atoms with Gasteiger partial charge >= 0.3 is 0 Å². The number of amides is 1. The lowest BCUT2D eigenvalue weighted by atomic mass is 10.1. The van der Waals surface area contributed by atoms with Crippen LogP contribution in [0.2, 0.25) is 0 Å². The van der Waals surface area contributed by atoms with Gasteiger partial charge in [0.15, 0.2) is 5.69 Å². The topological polar surface area (TPSA) is 81.2 Å². The van der Waals surface area contributed by atoms with E-state index in [1.165, 1.54) is 6.26 Å². The van der Waals surface area contributed by atoms with Crippen molar-refractivity contribution < 1.29 is 9.21 Å². The molecule has 1 atom stereocenters. The van der Waals surface area contributed by atoms with Crippen LogP contribution in [0.15, 0.2) is 70.2 Å². The van der Waals surface area contributed by atoms with Crippen molar-refractivity contribution in [2.45, 2.75) is 17.4 Å². The summed E-state index contributed by atoms with van der Waals surface area (Å²) in [5.74, 6) is 0.0329. The van der Waals surface area contributed by atoms with Gasteiger partial charge in [0.05, 0.1) is 6.04 Å². The first-order valence-corrected chi connectivity index (χ1v) is 9.08. The molecular formula is C19H19N3O2S. The summed E-state index contributed by atoms with van der Waals surface area (Å²) in [6.45, 7) is 0. The molecule has 6 heteroatoms. The first kappa shape index (κ1) is 17.3. The van der Waals surface area contributed by atoms with Crippen molar-refractivity contribution >= 4 is 23.4 Å². The van der Waals surface area contributed by atoms with E-state index in [-0.39, 0.29) is 11.6 Å². The standard InChI is InChI=1S/C19H19N3O2S/c1-25-15-9-7-14(8-10-15)21-18(23)17-12-24-19(22-17)16(20)11-13-5-3-2-4-6-13/h2-10,12,16H,11,20H2,1H3,(H,21,23). The average Bonchev–Trinajstić information content (AvgIpc) is 3.14. The van der Waals surface area contributed by atoms with Crippen LogP contribution in [0.5, 0.6) is 0 Å². The molecule has 1 unspecified atom stereocenters. The Morgan fingerprint density at radius 2 is 1.92 bits per heavy atom. The van der Waals surface area contributed by atoms with Crippen LogP contribution >= 0.6 is 11.8 Å². The van der Waals surface area contributed by atoms with E-state index in [0.29, 0.717) is 18.0 Å². The molecule has 0 aliphatic rings. The number of benzene rings is 2. The summed E-state index contributed by atoms with van der Waals surface area (Å²) in [6.07, 6.45) is 3.94. The number of nitrogens with two attached hydrogens (primary N) is 1. The van der Waals surface area contributed by atoms with Crippen LogP contribution in [0.25, 0.3) is 0 Å². The molecular weight excluding hydrogens is 334 g/mol. The van der Waals surface area contributed by atoms with E-state index in [9.17, 15) is 4.79 Å². The third-order valence-electron chi connectivity index (χ3n) is 3.72. The number of carbonyl (C=O) groups excluding carboxylic acids is 1. The molecule has 2 aromatic carbocycles. The number of hydrogen-bond acceptors (Lipinski definition) is 5. The number of aromatic nitrogens is 1. The van der Waals surface area contributed by atoms with Crippen molar-refractivity contribution in [3.05, 3.63) is 78.0 Å². The third-order valence-corrected chi connectivity index (χ3v) is 4.46. The van der Waals surface area contributed by atoms with Gasteiger partial charge in [0, 0.05) is 10.6 Å². The average molecular weight is 353 g/mol. The van der Waals surface area contributed by atoms with E-state index >= 15 is 0 Å². The van der Waals surface area contributed by atoms with Gasteiger partial charge in [0.1, 0.15) is 6.26 Å². The van der Waals surface area contributed by atoms with Gasteiger partial charge in [-0.3, -0.25) is 4.79 Å². The molecule has 3 rings (SSSR count). The van der Waals surface area contributed by atoms with E-state index < -0.39 is 6.04 Å². The number of nitrogens with zero attached hydrogens (tertiary/aromatic N) is 1. The van der Waals surface area contributed by atoms with Crippen molar-refractivity contribution in [2.24, 2.45) is 5.73 Å². The molecule has 0 saturated heterocycles. The summed E-state index contributed by atoms with van der Waals surface area (Å²) in [5, 5.41) is 2.80. The zero-order valence-electron chi connectivity index (χ0n) is 13.8. The maximum absolute atomic E-state index is 12.3. The number of thioether (sulfide) groups is 1. The van der Waals surface area contributed by atoms with Crippen molar-refractivity contribution in [1.82, 2.24) is 4.98 Å². The Labute approximate surface area is 150 Å². The second kappa shape index (κ2) is 8.00. The molecule has 0 aliphatic carbocycles. The second-order valence-corrected chi connectivity index (χ2v) is 6.43. The Morgan fingerprint density at radius 1 is 1.20 bits per heavy atom. The lowest BCUT2D eigenvalue weighted by molar-refractivity contribution is 0.102. The summed E-state index contributed by atoms with van der Waals surface area (Å²) in [5.41, 5.74) is 8.15. The number of oxazole rings is 1. The van der Waals surface area contributed by atoms with Crippen molar-refractivity contribution in [1.29, 1.82) is 0 Å². The van der Waals surface area contributed by atoms with Crippen molar-refractivity contribution in [3.63, 3.8) is 0 Å². The van der Waals surface area contributed by atoms with E-state index in [0.717, 1.165) is 10.5 Å². The molecule has 0 radical (unpaired) electrons. The molecule has 0 fully saturated rings. The quantitative estimate of drug-likeness (QED) is 0.657. The third kappa shape index (κ3) is 4.49. The predicted molar refractivity (Wildman–Crippen MR) is 99.8 cm³/mol. The summed E-state index contributed by atoms with van der Waals surface area (Å²) in [4.78, 5) is 17.6. The van der Waals surface area contributed by atoms with E-state index in [1.807, 2.05) is 60.9 Å². The summed E-state index contributed by atoms with van der Waals surface area (Å²) >= 11 is 1.65. The summed E-state index contributed by atoms with van der Waals surface area (Å²) in [6, 6.07) is 17.1. The molecule has 1 amide bonds. The summed E-state index contributed by atoms with van der Waals surface area (Å²) in [7, 11) is 0. The van der Waals surface area contributed by atoms with Crippen LogP contribution in [0.4, 0.5) is 5.69 Å². The van der Waals surface area contributed by atoms with Gasteiger partial charge in [-0.25, -0.2) is 4.98 Å². The number of rotatable bonds is 6. The largest absolute Gasteiger partial charge is 0.446 e. The molecule has 3 N–H and O–H groups in total. The number of nitrogens with one attached hydrogen (secondary N) is 1. The Kier molecular flexibility index (Phi) is 5.53. The van der Waals surface area contributed by atoms with Crippen LogP contribution in [-0.4, -0.2) is 17.1 Å². The minimum absolute atomic E-state index is 0.215. The molecule has 3 aromatic rings. The first-order valence-electron chi connectivity index (χ1n) is 7.86. The normalized spacial score (nSPS) is 11.9. The highest BCUT2D eigenvalue weighted by molar-refractivity contribution is 7.98. The van der Waals surface area contributed by atoms with E-state index in [4.69, 9.17) is 10.2 Å². The Morgan fingerprint density at radius 3 is 2.60 bits per heavy atom. The van der Waals surface area contributed by atoms with Gasteiger partial charge in [0.25, 0.3) is 5.91 Å². The molecule has 0 aliphatic heterocycles. The highest BCUT2D eigenvalue weighted by Crippen LogP contribution is 2.19. The molecule has 5 nitrogen and oxygen atoms in total. The van der Waals surface area contributed by atoms with Gasteiger partial charge in [-0.1, -0.05) is 30.3 Å². The van der Waals surface area contributed by atoms with E-state index in [2.05, 4.69) is 10.3 Å². The first-order chi connectivity index (χ1) is 12.2. The SMILES string of the molecule is CSc1ccc(NC(=O)c2coc(C(N)Cc3ccccc3)n2)cc1. The Bertz CT molecular complexity index is 831. The summed E-state index contributed by atoms with van der Waals surface area (Å²) < 4.78 is 5.39. The maximum atomic E-state index is 12.3. The Balaban J connectivity index is 1.64. The minimum atomic E-state index is -0.398. The fourth-order valence-corrected chi connectivity index (χ4v) is 2.80. The van der Waals surface area contributed by atoms with E-state index in [1.54, 1.807) is 11.8 Å². The minimum Gasteiger partial charge on any atom is -0.446 e. The number of carbonyl (C=O) groups is 1. The molecule has 1 aromatic heterocycles. The monoisotopic (exact) mass is 353 g/mol. The van der Waals surface area contributed by atoms with Crippen LogP contribution in [-0.2, 0) is 6.42 Å². The zero-order chi connectivity index (χ0) is 17.6. The predicted octanol–water partition coefficient (Wildman–Crippen LogP) is 3.89. The fourth-order valence-electron chi connectivity index (χ4n) is 2.39. The maximum Gasteiger partial charge on any atom is 0.277 e. The van der Waals surface area contributed by atoms with Gasteiger partial charge in [-0.05, 0) is 42.5 Å². The number of anilines is 1. The molecule has 1 heterocycles. The van der Waals surface area contributed by atoms with Gasteiger partial charge < -0.3 is 15.5 Å². The van der Waals surface area contributed by atoms with Crippen LogP contribution in [0.1, 0.15) is 28.0 Å².